The summed E-state index contributed by atoms with van der Waals surface area (Å²) in [6.45, 7) is 4.38. The van der Waals surface area contributed by atoms with Gasteiger partial charge in [-0.2, -0.15) is 0 Å². The van der Waals surface area contributed by atoms with Gasteiger partial charge in [-0.3, -0.25) is 14.5 Å². The predicted octanol–water partition coefficient (Wildman–Crippen LogP) is 4.47. The number of hydrogen-bond acceptors (Lipinski definition) is 6. The Hall–Kier alpha value is -3.06. The van der Waals surface area contributed by atoms with E-state index in [2.05, 4.69) is 17.9 Å². The number of methoxy groups -OCH3 is 2. The molecule has 0 N–H and O–H groups in total. The Labute approximate surface area is 207 Å². The summed E-state index contributed by atoms with van der Waals surface area (Å²) in [7, 11) is 3.35. The van der Waals surface area contributed by atoms with E-state index in [0.29, 0.717) is 18.2 Å². The fourth-order valence-electron chi connectivity index (χ4n) is 5.06. The lowest BCUT2D eigenvalue weighted by molar-refractivity contribution is -0.123. The number of piperidine rings is 1. The predicted molar refractivity (Wildman–Crippen MR) is 135 cm³/mol. The lowest BCUT2D eigenvalue weighted by Gasteiger charge is -2.35. The van der Waals surface area contributed by atoms with Crippen molar-refractivity contribution in [2.24, 2.45) is 5.92 Å². The normalized spacial score (nSPS) is 19.3. The lowest BCUT2D eigenvalue weighted by Crippen LogP contribution is -2.46. The molecule has 188 valence electrons. The number of carbonyl (C=O) groups excluding carboxylic acids is 2. The number of carbonyl (C=O) groups is 2. The van der Waals surface area contributed by atoms with Crippen LogP contribution in [0.1, 0.15) is 44.6 Å². The van der Waals surface area contributed by atoms with Crippen molar-refractivity contribution in [2.75, 3.05) is 38.8 Å². The molecule has 7 heteroatoms. The summed E-state index contributed by atoms with van der Waals surface area (Å²) in [6.07, 6.45) is 5.26. The number of likely N-dealkylation sites (tertiary alicyclic amines) is 1. The molecule has 0 spiro atoms. The van der Waals surface area contributed by atoms with Crippen LogP contribution >= 0.6 is 0 Å². The summed E-state index contributed by atoms with van der Waals surface area (Å²) in [5.41, 5.74) is 1.81. The Balaban J connectivity index is 1.30. The largest absolute Gasteiger partial charge is 0.497 e. The van der Waals surface area contributed by atoms with Crippen molar-refractivity contribution in [1.82, 2.24) is 4.90 Å². The summed E-state index contributed by atoms with van der Waals surface area (Å²) in [4.78, 5) is 29.5. The fourth-order valence-corrected chi connectivity index (χ4v) is 5.06. The van der Waals surface area contributed by atoms with Crippen LogP contribution in [0.15, 0.2) is 42.5 Å². The molecule has 2 aliphatic rings. The van der Waals surface area contributed by atoms with Crippen LogP contribution in [0.4, 0.5) is 5.69 Å². The minimum Gasteiger partial charge on any atom is -0.497 e. The maximum Gasteiger partial charge on any atom is 0.251 e. The molecule has 0 bridgehead atoms. The first-order valence-electron chi connectivity index (χ1n) is 12.6. The second-order valence-electron chi connectivity index (χ2n) is 9.33. The fraction of sp³-hybridized carbons (Fsp3) is 0.500. The number of ether oxygens (including phenoxy) is 3. The van der Waals surface area contributed by atoms with Crippen molar-refractivity contribution in [3.8, 4) is 17.2 Å². The molecule has 2 amide bonds. The van der Waals surface area contributed by atoms with Crippen molar-refractivity contribution in [3.63, 3.8) is 0 Å². The number of aryl methyl sites for hydroxylation is 1. The van der Waals surface area contributed by atoms with E-state index in [4.69, 9.17) is 14.2 Å². The SMILES string of the molecule is CCCOc1ccc(N2C(=O)C[C@H](N3CCC(CCc4ccc(OC)cc4OC)CC3)C2=O)cc1. The Kier molecular flexibility index (Phi) is 8.29. The first kappa shape index (κ1) is 25.0. The zero-order chi connectivity index (χ0) is 24.8. The van der Waals surface area contributed by atoms with Crippen LogP contribution in [0.5, 0.6) is 17.2 Å². The number of imide groups is 1. The minimum absolute atomic E-state index is 0.112. The highest BCUT2D eigenvalue weighted by atomic mass is 16.5. The molecule has 2 fully saturated rings. The quantitative estimate of drug-likeness (QED) is 0.468. The van der Waals surface area contributed by atoms with E-state index in [1.165, 1.54) is 10.5 Å². The first-order valence-corrected chi connectivity index (χ1v) is 12.6. The number of rotatable bonds is 10. The molecule has 2 aliphatic heterocycles. The van der Waals surface area contributed by atoms with Gasteiger partial charge in [0.2, 0.25) is 5.91 Å². The number of hydrogen-bond donors (Lipinski definition) is 0. The van der Waals surface area contributed by atoms with Crippen LogP contribution in [-0.2, 0) is 16.0 Å². The lowest BCUT2D eigenvalue weighted by atomic mass is 9.89. The summed E-state index contributed by atoms with van der Waals surface area (Å²) in [6, 6.07) is 12.8. The van der Waals surface area contributed by atoms with Gasteiger partial charge in [0.1, 0.15) is 17.2 Å². The zero-order valence-corrected chi connectivity index (χ0v) is 21.0. The summed E-state index contributed by atoms with van der Waals surface area (Å²) in [5, 5.41) is 0. The van der Waals surface area contributed by atoms with Gasteiger partial charge in [0.05, 0.1) is 39.0 Å². The molecule has 0 aliphatic carbocycles. The number of anilines is 1. The third-order valence-electron chi connectivity index (χ3n) is 7.10. The molecule has 35 heavy (non-hydrogen) atoms. The average molecular weight is 481 g/mol. The molecule has 2 aromatic carbocycles. The number of benzene rings is 2. The molecule has 2 saturated heterocycles. The van der Waals surface area contributed by atoms with Gasteiger partial charge in [-0.25, -0.2) is 4.90 Å². The van der Waals surface area contributed by atoms with Gasteiger partial charge in [-0.1, -0.05) is 13.0 Å². The highest BCUT2D eigenvalue weighted by Crippen LogP contribution is 2.32. The van der Waals surface area contributed by atoms with Gasteiger partial charge in [0.15, 0.2) is 0 Å². The monoisotopic (exact) mass is 480 g/mol. The summed E-state index contributed by atoms with van der Waals surface area (Å²) < 4.78 is 16.4. The van der Waals surface area contributed by atoms with Crippen molar-refractivity contribution in [3.05, 3.63) is 48.0 Å². The van der Waals surface area contributed by atoms with E-state index in [0.717, 1.165) is 62.4 Å². The van der Waals surface area contributed by atoms with Crippen LogP contribution in [0.25, 0.3) is 0 Å². The molecule has 0 aromatic heterocycles. The Morgan fingerprint density at radius 3 is 2.31 bits per heavy atom. The van der Waals surface area contributed by atoms with E-state index < -0.39 is 0 Å². The van der Waals surface area contributed by atoms with Crippen LogP contribution in [0.3, 0.4) is 0 Å². The van der Waals surface area contributed by atoms with Crippen molar-refractivity contribution in [1.29, 1.82) is 0 Å². The summed E-state index contributed by atoms with van der Waals surface area (Å²) in [5.74, 6) is 2.76. The maximum absolute atomic E-state index is 13.2. The highest BCUT2D eigenvalue weighted by Gasteiger charge is 2.43. The van der Waals surface area contributed by atoms with E-state index in [-0.39, 0.29) is 24.3 Å². The average Bonchev–Trinajstić information content (AvgIpc) is 3.20. The Morgan fingerprint density at radius 1 is 0.943 bits per heavy atom. The first-order chi connectivity index (χ1) is 17.0. The van der Waals surface area contributed by atoms with Gasteiger partial charge < -0.3 is 14.2 Å². The van der Waals surface area contributed by atoms with Crippen molar-refractivity contribution < 1.29 is 23.8 Å². The van der Waals surface area contributed by atoms with E-state index in [1.54, 1.807) is 26.4 Å². The van der Waals surface area contributed by atoms with Gasteiger partial charge in [-0.05, 0) is 87.0 Å². The highest BCUT2D eigenvalue weighted by molar-refractivity contribution is 6.22. The molecule has 0 saturated carbocycles. The van der Waals surface area contributed by atoms with Gasteiger partial charge in [-0.15, -0.1) is 0 Å². The molecule has 7 nitrogen and oxygen atoms in total. The van der Waals surface area contributed by atoms with Gasteiger partial charge in [0, 0.05) is 6.07 Å². The molecular formula is C28H36N2O5. The van der Waals surface area contributed by atoms with Crippen LogP contribution in [0, 0.1) is 5.92 Å². The van der Waals surface area contributed by atoms with Gasteiger partial charge >= 0.3 is 0 Å². The third-order valence-corrected chi connectivity index (χ3v) is 7.10. The molecule has 0 radical (unpaired) electrons. The van der Waals surface area contributed by atoms with Gasteiger partial charge in [0.25, 0.3) is 5.91 Å². The number of amides is 2. The van der Waals surface area contributed by atoms with E-state index in [9.17, 15) is 9.59 Å². The second kappa shape index (κ2) is 11.6. The molecule has 2 heterocycles. The molecule has 4 rings (SSSR count). The second-order valence-corrected chi connectivity index (χ2v) is 9.33. The third kappa shape index (κ3) is 5.78. The molecular weight excluding hydrogens is 444 g/mol. The van der Waals surface area contributed by atoms with E-state index >= 15 is 0 Å². The minimum atomic E-state index is -0.360. The van der Waals surface area contributed by atoms with E-state index in [1.807, 2.05) is 24.3 Å². The summed E-state index contributed by atoms with van der Waals surface area (Å²) >= 11 is 0. The van der Waals surface area contributed by atoms with Crippen LogP contribution < -0.4 is 19.1 Å². The topological polar surface area (TPSA) is 68.3 Å². The Morgan fingerprint density at radius 2 is 1.66 bits per heavy atom. The molecule has 1 atom stereocenters. The zero-order valence-electron chi connectivity index (χ0n) is 21.0. The van der Waals surface area contributed by atoms with Crippen molar-refractivity contribution >= 4 is 17.5 Å². The maximum atomic E-state index is 13.2. The molecule has 2 aromatic rings. The smallest absolute Gasteiger partial charge is 0.251 e. The van der Waals surface area contributed by atoms with Crippen LogP contribution in [-0.4, -0.2) is 56.7 Å². The number of nitrogens with zero attached hydrogens (tertiary/aromatic N) is 2. The Bertz CT molecular complexity index is 1010. The van der Waals surface area contributed by atoms with Crippen molar-refractivity contribution in [2.45, 2.75) is 51.5 Å². The molecule has 0 unspecified atom stereocenters. The van der Waals surface area contributed by atoms with Crippen LogP contribution in [0.2, 0.25) is 0 Å². The standard InChI is InChI=1S/C28H36N2O5/c1-4-17-35-23-11-8-22(9-12-23)30-27(31)19-25(28(30)32)29-15-13-20(14-16-29)5-6-21-7-10-24(33-2)18-26(21)34-3/h7-12,18,20,25H,4-6,13-17,19H2,1-3H3/t25-/m0/s1.